The third kappa shape index (κ3) is 3.31. The Morgan fingerprint density at radius 3 is 2.55 bits per heavy atom. The average Bonchev–Trinajstić information content (AvgIpc) is 2.47. The first kappa shape index (κ1) is 14.9. The van der Waals surface area contributed by atoms with Gasteiger partial charge in [-0.3, -0.25) is 4.79 Å². The van der Waals surface area contributed by atoms with Crippen molar-refractivity contribution < 1.29 is 4.79 Å². The Kier molecular flexibility index (Phi) is 5.01. The summed E-state index contributed by atoms with van der Waals surface area (Å²) in [5, 5.41) is 5.93. The highest BCUT2D eigenvalue weighted by atomic mass is 16.1. The lowest BCUT2D eigenvalue weighted by Gasteiger charge is -2.34. The first-order chi connectivity index (χ1) is 9.65. The first-order valence-electron chi connectivity index (χ1n) is 7.36. The lowest BCUT2D eigenvalue weighted by molar-refractivity contribution is -0.125. The Balaban J connectivity index is 2.01. The van der Waals surface area contributed by atoms with Crippen LogP contribution in [0.5, 0.6) is 0 Å². The molecule has 0 unspecified atom stereocenters. The monoisotopic (exact) mass is 275 g/mol. The Hall–Kier alpha value is -1.55. The molecule has 1 aromatic carbocycles. The van der Waals surface area contributed by atoms with Crippen LogP contribution in [0.4, 0.5) is 5.69 Å². The molecule has 1 aliphatic rings. The standard InChI is InChI=1S/C16H25N3O/c1-12-10-13(11-17-2)4-5-15(12)19-8-6-14(7-9-19)16(20)18-3/h4-5,10,14,17H,6-9,11H2,1-3H3,(H,18,20). The number of piperidine rings is 1. The summed E-state index contributed by atoms with van der Waals surface area (Å²) in [5.41, 5.74) is 3.94. The van der Waals surface area contributed by atoms with E-state index in [1.54, 1.807) is 7.05 Å². The number of nitrogens with zero attached hydrogens (tertiary/aromatic N) is 1. The van der Waals surface area contributed by atoms with Crippen LogP contribution in [0.3, 0.4) is 0 Å². The highest BCUT2D eigenvalue weighted by Crippen LogP contribution is 2.26. The Morgan fingerprint density at radius 2 is 2.00 bits per heavy atom. The minimum atomic E-state index is 0.181. The molecule has 0 radical (unpaired) electrons. The summed E-state index contributed by atoms with van der Waals surface area (Å²) in [5.74, 6) is 0.367. The fourth-order valence-electron chi connectivity index (χ4n) is 2.97. The van der Waals surface area contributed by atoms with Gasteiger partial charge < -0.3 is 15.5 Å². The zero-order chi connectivity index (χ0) is 14.5. The quantitative estimate of drug-likeness (QED) is 0.878. The molecular weight excluding hydrogens is 250 g/mol. The summed E-state index contributed by atoms with van der Waals surface area (Å²) in [4.78, 5) is 14.1. The largest absolute Gasteiger partial charge is 0.371 e. The normalized spacial score (nSPS) is 16.2. The van der Waals surface area contributed by atoms with Crippen molar-refractivity contribution in [2.75, 3.05) is 32.1 Å². The number of carbonyl (C=O) groups excluding carboxylic acids is 1. The van der Waals surface area contributed by atoms with Gasteiger partial charge in [0.2, 0.25) is 5.91 Å². The van der Waals surface area contributed by atoms with E-state index in [1.165, 1.54) is 16.8 Å². The first-order valence-corrected chi connectivity index (χ1v) is 7.36. The van der Waals surface area contributed by atoms with Crippen molar-refractivity contribution in [1.29, 1.82) is 0 Å². The lowest BCUT2D eigenvalue weighted by atomic mass is 9.95. The van der Waals surface area contributed by atoms with Gasteiger partial charge in [-0.2, -0.15) is 0 Å². The van der Waals surface area contributed by atoms with Gasteiger partial charge >= 0.3 is 0 Å². The van der Waals surface area contributed by atoms with Crippen molar-refractivity contribution in [3.05, 3.63) is 29.3 Å². The smallest absolute Gasteiger partial charge is 0.222 e. The number of nitrogens with one attached hydrogen (secondary N) is 2. The van der Waals surface area contributed by atoms with Gasteiger partial charge in [-0.05, 0) is 44.0 Å². The summed E-state index contributed by atoms with van der Waals surface area (Å²) in [7, 11) is 3.69. The summed E-state index contributed by atoms with van der Waals surface area (Å²) >= 11 is 0. The minimum absolute atomic E-state index is 0.181. The van der Waals surface area contributed by atoms with Crippen LogP contribution < -0.4 is 15.5 Å². The van der Waals surface area contributed by atoms with Crippen molar-refractivity contribution in [2.24, 2.45) is 5.92 Å². The maximum absolute atomic E-state index is 11.7. The van der Waals surface area contributed by atoms with Crippen molar-refractivity contribution in [1.82, 2.24) is 10.6 Å². The van der Waals surface area contributed by atoms with Crippen LogP contribution in [0.1, 0.15) is 24.0 Å². The van der Waals surface area contributed by atoms with Crippen LogP contribution in [0.25, 0.3) is 0 Å². The Morgan fingerprint density at radius 1 is 1.30 bits per heavy atom. The van der Waals surface area contributed by atoms with Gasteiger partial charge in [-0.1, -0.05) is 12.1 Å². The van der Waals surface area contributed by atoms with Crippen molar-refractivity contribution in [3.8, 4) is 0 Å². The van der Waals surface area contributed by atoms with Gasteiger partial charge in [0.25, 0.3) is 0 Å². The molecule has 0 atom stereocenters. The van der Waals surface area contributed by atoms with Gasteiger partial charge in [0.1, 0.15) is 0 Å². The topological polar surface area (TPSA) is 44.4 Å². The molecule has 4 heteroatoms. The molecule has 20 heavy (non-hydrogen) atoms. The molecule has 2 N–H and O–H groups in total. The second-order valence-corrected chi connectivity index (χ2v) is 5.53. The molecule has 0 saturated carbocycles. The molecule has 0 bridgehead atoms. The SMILES string of the molecule is CNCc1ccc(N2CCC(C(=O)NC)CC2)c(C)c1. The fraction of sp³-hybridized carbons (Fsp3) is 0.562. The highest BCUT2D eigenvalue weighted by Gasteiger charge is 2.24. The molecule has 0 aliphatic carbocycles. The molecule has 1 fully saturated rings. The van der Waals surface area contributed by atoms with Gasteiger partial charge in [0.05, 0.1) is 0 Å². The molecule has 1 aromatic rings. The molecule has 1 amide bonds. The van der Waals surface area contributed by atoms with E-state index in [0.29, 0.717) is 0 Å². The second-order valence-electron chi connectivity index (χ2n) is 5.53. The Bertz CT molecular complexity index is 465. The third-order valence-electron chi connectivity index (χ3n) is 4.09. The van der Waals surface area contributed by atoms with E-state index in [0.717, 1.165) is 32.5 Å². The van der Waals surface area contributed by atoms with Crippen LogP contribution in [0, 0.1) is 12.8 Å². The van der Waals surface area contributed by atoms with Gasteiger partial charge in [0.15, 0.2) is 0 Å². The average molecular weight is 275 g/mol. The van der Waals surface area contributed by atoms with E-state index in [2.05, 4.69) is 40.7 Å². The number of aryl methyl sites for hydroxylation is 1. The van der Waals surface area contributed by atoms with E-state index in [4.69, 9.17) is 0 Å². The predicted octanol–water partition coefficient (Wildman–Crippen LogP) is 1.68. The molecular formula is C16H25N3O. The molecule has 0 spiro atoms. The maximum atomic E-state index is 11.7. The zero-order valence-corrected chi connectivity index (χ0v) is 12.7. The van der Waals surface area contributed by atoms with Crippen LogP contribution in [-0.2, 0) is 11.3 Å². The molecule has 110 valence electrons. The van der Waals surface area contributed by atoms with E-state index in [9.17, 15) is 4.79 Å². The van der Waals surface area contributed by atoms with E-state index < -0.39 is 0 Å². The fourth-order valence-corrected chi connectivity index (χ4v) is 2.97. The summed E-state index contributed by atoms with van der Waals surface area (Å²) in [6, 6.07) is 6.64. The second kappa shape index (κ2) is 6.75. The number of rotatable bonds is 4. The molecule has 1 saturated heterocycles. The van der Waals surface area contributed by atoms with Gasteiger partial charge in [-0.15, -0.1) is 0 Å². The van der Waals surface area contributed by atoms with Crippen LogP contribution in [-0.4, -0.2) is 33.1 Å². The lowest BCUT2D eigenvalue weighted by Crippen LogP contribution is -2.39. The zero-order valence-electron chi connectivity index (χ0n) is 12.7. The van der Waals surface area contributed by atoms with E-state index >= 15 is 0 Å². The van der Waals surface area contributed by atoms with E-state index in [-0.39, 0.29) is 11.8 Å². The van der Waals surface area contributed by atoms with Crippen molar-refractivity contribution >= 4 is 11.6 Å². The number of benzene rings is 1. The molecule has 1 heterocycles. The van der Waals surface area contributed by atoms with Crippen molar-refractivity contribution in [2.45, 2.75) is 26.3 Å². The summed E-state index contributed by atoms with van der Waals surface area (Å²) < 4.78 is 0. The maximum Gasteiger partial charge on any atom is 0.222 e. The summed E-state index contributed by atoms with van der Waals surface area (Å²) in [6.07, 6.45) is 1.88. The molecule has 4 nitrogen and oxygen atoms in total. The van der Waals surface area contributed by atoms with E-state index in [1.807, 2.05) is 7.05 Å². The number of hydrogen-bond acceptors (Lipinski definition) is 3. The predicted molar refractivity (Wildman–Crippen MR) is 82.9 cm³/mol. The molecule has 0 aromatic heterocycles. The Labute approximate surface area is 121 Å². The number of amides is 1. The molecule has 1 aliphatic heterocycles. The third-order valence-corrected chi connectivity index (χ3v) is 4.09. The minimum Gasteiger partial charge on any atom is -0.371 e. The van der Waals surface area contributed by atoms with Gasteiger partial charge in [-0.25, -0.2) is 0 Å². The van der Waals surface area contributed by atoms with Crippen LogP contribution in [0.2, 0.25) is 0 Å². The number of anilines is 1. The van der Waals surface area contributed by atoms with Crippen LogP contribution in [0.15, 0.2) is 18.2 Å². The summed E-state index contributed by atoms with van der Waals surface area (Å²) in [6.45, 7) is 4.99. The highest BCUT2D eigenvalue weighted by molar-refractivity contribution is 5.78. The van der Waals surface area contributed by atoms with Gasteiger partial charge in [0, 0.05) is 38.3 Å². The molecule has 2 rings (SSSR count). The van der Waals surface area contributed by atoms with Crippen LogP contribution >= 0.6 is 0 Å². The number of carbonyl (C=O) groups is 1. The van der Waals surface area contributed by atoms with Crippen molar-refractivity contribution in [3.63, 3.8) is 0 Å². The number of hydrogen-bond donors (Lipinski definition) is 2.